The summed E-state index contributed by atoms with van der Waals surface area (Å²) in [6.45, 7) is 3.85. The number of para-hydroxylation sites is 1. The minimum absolute atomic E-state index is 0.180. The number of hydrogen-bond acceptors (Lipinski definition) is 7. The van der Waals surface area contributed by atoms with Crippen LogP contribution in [0.4, 0.5) is 10.1 Å². The highest BCUT2D eigenvalue weighted by Gasteiger charge is 2.41. The SMILES string of the molecule is O=C1CCC(N2Cc3c(cc(F)cc3N3CCN(Cc4ccccc4-n4cncn4)CC3)C2=O)C(=O)N1. The van der Waals surface area contributed by atoms with E-state index in [0.29, 0.717) is 24.3 Å². The number of piperazine rings is 1. The molecule has 2 aromatic carbocycles. The van der Waals surface area contributed by atoms with E-state index < -0.39 is 17.8 Å². The van der Waals surface area contributed by atoms with Crippen LogP contribution in [0.3, 0.4) is 0 Å². The van der Waals surface area contributed by atoms with Gasteiger partial charge in [-0.05, 0) is 30.2 Å². The monoisotopic (exact) mass is 503 g/mol. The van der Waals surface area contributed by atoms with Crippen molar-refractivity contribution >= 4 is 23.4 Å². The van der Waals surface area contributed by atoms with Gasteiger partial charge in [-0.15, -0.1) is 0 Å². The third kappa shape index (κ3) is 4.35. The van der Waals surface area contributed by atoms with Gasteiger partial charge in [-0.2, -0.15) is 5.10 Å². The van der Waals surface area contributed by atoms with Gasteiger partial charge in [0.1, 0.15) is 24.5 Å². The number of rotatable bonds is 5. The Kier molecular flexibility index (Phi) is 5.91. The number of carbonyl (C=O) groups is 3. The van der Waals surface area contributed by atoms with Gasteiger partial charge in [0.15, 0.2) is 0 Å². The van der Waals surface area contributed by atoms with Crippen LogP contribution in [0.1, 0.15) is 34.3 Å². The normalized spacial score (nSPS) is 20.4. The predicted molar refractivity (Wildman–Crippen MR) is 131 cm³/mol. The lowest BCUT2D eigenvalue weighted by molar-refractivity contribution is -0.136. The van der Waals surface area contributed by atoms with Crippen molar-refractivity contribution in [3.05, 3.63) is 71.6 Å². The lowest BCUT2D eigenvalue weighted by atomic mass is 10.0. The van der Waals surface area contributed by atoms with Crippen molar-refractivity contribution in [3.63, 3.8) is 0 Å². The number of benzene rings is 2. The molecule has 0 aliphatic carbocycles. The average molecular weight is 504 g/mol. The number of anilines is 1. The molecule has 0 radical (unpaired) electrons. The zero-order chi connectivity index (χ0) is 25.5. The van der Waals surface area contributed by atoms with Gasteiger partial charge < -0.3 is 9.80 Å². The van der Waals surface area contributed by atoms with Crippen LogP contribution in [-0.2, 0) is 22.7 Å². The van der Waals surface area contributed by atoms with Crippen LogP contribution in [0, 0.1) is 5.82 Å². The Morgan fingerprint density at radius 2 is 1.84 bits per heavy atom. The van der Waals surface area contributed by atoms with Crippen LogP contribution in [-0.4, -0.2) is 74.5 Å². The molecule has 4 heterocycles. The van der Waals surface area contributed by atoms with E-state index in [-0.39, 0.29) is 31.2 Å². The molecule has 3 aromatic rings. The van der Waals surface area contributed by atoms with Crippen molar-refractivity contribution in [1.82, 2.24) is 29.9 Å². The molecule has 0 bridgehead atoms. The van der Waals surface area contributed by atoms with Crippen molar-refractivity contribution in [2.75, 3.05) is 31.1 Å². The van der Waals surface area contributed by atoms with E-state index in [4.69, 9.17) is 0 Å². The molecule has 1 atom stereocenters. The van der Waals surface area contributed by atoms with Crippen LogP contribution >= 0.6 is 0 Å². The zero-order valence-electron chi connectivity index (χ0n) is 20.1. The number of nitrogens with zero attached hydrogens (tertiary/aromatic N) is 6. The van der Waals surface area contributed by atoms with Gasteiger partial charge in [0, 0.05) is 62.5 Å². The third-order valence-corrected chi connectivity index (χ3v) is 7.36. The molecular weight excluding hydrogens is 477 g/mol. The molecule has 3 amide bonds. The Morgan fingerprint density at radius 3 is 2.59 bits per heavy atom. The summed E-state index contributed by atoms with van der Waals surface area (Å²) < 4.78 is 16.4. The van der Waals surface area contributed by atoms with Gasteiger partial charge in [0.2, 0.25) is 11.8 Å². The second-order valence-corrected chi connectivity index (χ2v) is 9.58. The Hall–Kier alpha value is -4.12. The van der Waals surface area contributed by atoms with Crippen molar-refractivity contribution in [2.45, 2.75) is 32.0 Å². The summed E-state index contributed by atoms with van der Waals surface area (Å²) >= 11 is 0. The second-order valence-electron chi connectivity index (χ2n) is 9.58. The minimum atomic E-state index is -0.726. The summed E-state index contributed by atoms with van der Waals surface area (Å²) in [7, 11) is 0. The van der Waals surface area contributed by atoms with E-state index in [1.807, 2.05) is 18.2 Å². The number of carbonyl (C=O) groups excluding carboxylic acids is 3. The molecule has 11 heteroatoms. The first-order valence-electron chi connectivity index (χ1n) is 12.4. The summed E-state index contributed by atoms with van der Waals surface area (Å²) in [6.07, 6.45) is 3.65. The Balaban J connectivity index is 1.17. The number of hydrogen-bond donors (Lipinski definition) is 1. The largest absolute Gasteiger partial charge is 0.369 e. The van der Waals surface area contributed by atoms with Crippen molar-refractivity contribution in [3.8, 4) is 5.69 Å². The minimum Gasteiger partial charge on any atom is -0.369 e. The van der Waals surface area contributed by atoms with E-state index in [1.165, 1.54) is 23.4 Å². The molecule has 10 nitrogen and oxygen atoms in total. The van der Waals surface area contributed by atoms with Gasteiger partial charge >= 0.3 is 0 Å². The van der Waals surface area contributed by atoms with Crippen molar-refractivity contribution < 1.29 is 18.8 Å². The third-order valence-electron chi connectivity index (χ3n) is 7.36. The van der Waals surface area contributed by atoms with E-state index in [2.05, 4.69) is 31.3 Å². The van der Waals surface area contributed by atoms with Crippen LogP contribution < -0.4 is 10.2 Å². The molecular formula is C26H26FN7O3. The summed E-state index contributed by atoms with van der Waals surface area (Å²) in [5, 5.41) is 6.57. The average Bonchev–Trinajstić information content (AvgIpc) is 3.54. The first-order valence-corrected chi connectivity index (χ1v) is 12.4. The first-order chi connectivity index (χ1) is 18.0. The molecule has 1 aromatic heterocycles. The van der Waals surface area contributed by atoms with E-state index in [1.54, 1.807) is 11.0 Å². The molecule has 190 valence electrons. The maximum Gasteiger partial charge on any atom is 0.255 e. The zero-order valence-corrected chi connectivity index (χ0v) is 20.1. The molecule has 1 N–H and O–H groups in total. The van der Waals surface area contributed by atoms with Crippen LogP contribution in [0.25, 0.3) is 5.69 Å². The molecule has 6 rings (SSSR count). The van der Waals surface area contributed by atoms with Gasteiger partial charge in [0.25, 0.3) is 5.91 Å². The summed E-state index contributed by atoms with van der Waals surface area (Å²) in [5.74, 6) is -1.65. The van der Waals surface area contributed by atoms with E-state index >= 15 is 0 Å². The van der Waals surface area contributed by atoms with Gasteiger partial charge in [-0.1, -0.05) is 18.2 Å². The number of halogens is 1. The molecule has 3 aliphatic rings. The number of aromatic nitrogens is 3. The molecule has 2 fully saturated rings. The highest BCUT2D eigenvalue weighted by Crippen LogP contribution is 2.35. The number of piperidine rings is 1. The van der Waals surface area contributed by atoms with Crippen LogP contribution in [0.15, 0.2) is 49.1 Å². The molecule has 3 aliphatic heterocycles. The maximum atomic E-state index is 14.6. The van der Waals surface area contributed by atoms with Crippen LogP contribution in [0.2, 0.25) is 0 Å². The fraction of sp³-hybridized carbons (Fsp3) is 0.346. The number of imide groups is 1. The Bertz CT molecular complexity index is 1370. The number of fused-ring (bicyclic) bond motifs is 1. The Labute approximate surface area is 212 Å². The molecule has 37 heavy (non-hydrogen) atoms. The lowest BCUT2D eigenvalue weighted by Crippen LogP contribution is -2.52. The Morgan fingerprint density at radius 1 is 1.03 bits per heavy atom. The molecule has 0 spiro atoms. The second kappa shape index (κ2) is 9.40. The fourth-order valence-electron chi connectivity index (χ4n) is 5.48. The molecule has 0 saturated carbocycles. The highest BCUT2D eigenvalue weighted by atomic mass is 19.1. The van der Waals surface area contributed by atoms with E-state index in [0.717, 1.165) is 36.4 Å². The summed E-state index contributed by atoms with van der Waals surface area (Å²) in [5.41, 5.74) is 3.85. The number of nitrogens with one attached hydrogen (secondary N) is 1. The number of amides is 3. The summed E-state index contributed by atoms with van der Waals surface area (Å²) in [6, 6.07) is 10.1. The maximum absolute atomic E-state index is 14.6. The molecule has 1 unspecified atom stereocenters. The predicted octanol–water partition coefficient (Wildman–Crippen LogP) is 1.49. The van der Waals surface area contributed by atoms with Crippen molar-refractivity contribution in [1.29, 1.82) is 0 Å². The lowest BCUT2D eigenvalue weighted by Gasteiger charge is -2.37. The van der Waals surface area contributed by atoms with E-state index in [9.17, 15) is 18.8 Å². The fourth-order valence-corrected chi connectivity index (χ4v) is 5.48. The topological polar surface area (TPSA) is 104 Å². The summed E-state index contributed by atoms with van der Waals surface area (Å²) in [4.78, 5) is 47.1. The smallest absolute Gasteiger partial charge is 0.255 e. The van der Waals surface area contributed by atoms with Gasteiger partial charge in [-0.3, -0.25) is 24.6 Å². The standard InChI is InChI=1S/C26H26FN7O3/c27-18-11-19-20(14-33(26(19)37)22-5-6-24(35)30-25(22)36)23(12-18)32-9-7-31(8-10-32)13-17-3-1-2-4-21(17)34-16-28-15-29-34/h1-4,11-12,15-16,22H,5-10,13-14H2,(H,30,35,36). The van der Waals surface area contributed by atoms with Gasteiger partial charge in [-0.25, -0.2) is 14.1 Å². The molecule has 2 saturated heterocycles. The quantitative estimate of drug-likeness (QED) is 0.526. The van der Waals surface area contributed by atoms with Gasteiger partial charge in [0.05, 0.1) is 5.69 Å². The van der Waals surface area contributed by atoms with Crippen molar-refractivity contribution in [2.24, 2.45) is 0 Å². The van der Waals surface area contributed by atoms with Crippen LogP contribution in [0.5, 0.6) is 0 Å². The first kappa shape index (κ1) is 23.3. The highest BCUT2D eigenvalue weighted by molar-refractivity contribution is 6.06.